The van der Waals surface area contributed by atoms with Crippen molar-refractivity contribution in [2.24, 2.45) is 11.8 Å². The van der Waals surface area contributed by atoms with Gasteiger partial charge in [0.2, 0.25) is 10.0 Å². The molecule has 120 valence electrons. The van der Waals surface area contributed by atoms with E-state index in [2.05, 4.69) is 27.6 Å². The van der Waals surface area contributed by atoms with Crippen LogP contribution in [-0.4, -0.2) is 20.1 Å². The van der Waals surface area contributed by atoms with Crippen LogP contribution in [0.5, 0.6) is 0 Å². The van der Waals surface area contributed by atoms with E-state index in [9.17, 15) is 8.42 Å². The lowest BCUT2D eigenvalue weighted by molar-refractivity contribution is 0.245. The Morgan fingerprint density at radius 3 is 2.86 bits per heavy atom. The SMILES string of the molecule is CC1CCCC(CCNS(=O)(=O)c2cc(CO)oc2Br)C1. The van der Waals surface area contributed by atoms with E-state index in [1.807, 2.05) is 0 Å². The highest BCUT2D eigenvalue weighted by atomic mass is 79.9. The maximum atomic E-state index is 12.2. The van der Waals surface area contributed by atoms with Gasteiger partial charge in [0, 0.05) is 12.6 Å². The van der Waals surface area contributed by atoms with Gasteiger partial charge in [-0.1, -0.05) is 26.2 Å². The normalized spacial score (nSPS) is 23.4. The van der Waals surface area contributed by atoms with Crippen LogP contribution < -0.4 is 4.72 Å². The van der Waals surface area contributed by atoms with Gasteiger partial charge in [-0.25, -0.2) is 13.1 Å². The summed E-state index contributed by atoms with van der Waals surface area (Å²) in [6, 6.07) is 1.34. The first kappa shape index (κ1) is 17.0. The molecule has 1 heterocycles. The van der Waals surface area contributed by atoms with E-state index in [-0.39, 0.29) is 21.9 Å². The number of rotatable bonds is 6. The summed E-state index contributed by atoms with van der Waals surface area (Å²) >= 11 is 3.07. The topological polar surface area (TPSA) is 79.5 Å². The molecule has 0 bridgehead atoms. The lowest BCUT2D eigenvalue weighted by Gasteiger charge is -2.26. The summed E-state index contributed by atoms with van der Waals surface area (Å²) < 4.78 is 32.3. The molecule has 5 nitrogen and oxygen atoms in total. The van der Waals surface area contributed by atoms with Gasteiger partial charge in [-0.2, -0.15) is 0 Å². The quantitative estimate of drug-likeness (QED) is 0.795. The molecule has 0 aromatic carbocycles. The number of hydrogen-bond acceptors (Lipinski definition) is 4. The second-order valence-corrected chi connectivity index (χ2v) is 8.29. The van der Waals surface area contributed by atoms with Crippen LogP contribution in [0, 0.1) is 11.8 Å². The third kappa shape index (κ3) is 4.55. The fourth-order valence-corrected chi connectivity index (χ4v) is 5.00. The number of hydrogen-bond donors (Lipinski definition) is 2. The zero-order valence-electron chi connectivity index (χ0n) is 12.1. The zero-order valence-corrected chi connectivity index (χ0v) is 14.5. The maximum Gasteiger partial charge on any atom is 0.244 e. The number of halogens is 1. The Morgan fingerprint density at radius 1 is 1.48 bits per heavy atom. The second-order valence-electron chi connectivity index (χ2n) is 5.83. The lowest BCUT2D eigenvalue weighted by atomic mass is 9.81. The number of aliphatic hydroxyl groups is 1. The summed E-state index contributed by atoms with van der Waals surface area (Å²) in [7, 11) is -3.60. The molecule has 7 heteroatoms. The molecule has 0 radical (unpaired) electrons. The third-order valence-corrected chi connectivity index (χ3v) is 6.36. The van der Waals surface area contributed by atoms with Gasteiger partial charge in [-0.05, 0) is 40.6 Å². The van der Waals surface area contributed by atoms with E-state index in [4.69, 9.17) is 9.52 Å². The number of furan rings is 1. The summed E-state index contributed by atoms with van der Waals surface area (Å²) in [5.41, 5.74) is 0. The summed E-state index contributed by atoms with van der Waals surface area (Å²) in [5, 5.41) is 8.98. The first-order valence-corrected chi connectivity index (χ1v) is 9.58. The average molecular weight is 380 g/mol. The highest BCUT2D eigenvalue weighted by molar-refractivity contribution is 9.10. The number of aliphatic hydroxyl groups excluding tert-OH is 1. The Bertz CT molecular complexity index is 570. The van der Waals surface area contributed by atoms with E-state index in [1.165, 1.54) is 31.7 Å². The molecule has 1 aromatic rings. The molecule has 0 amide bonds. The van der Waals surface area contributed by atoms with Gasteiger partial charge in [-0.15, -0.1) is 0 Å². The molecule has 21 heavy (non-hydrogen) atoms. The van der Waals surface area contributed by atoms with Crippen molar-refractivity contribution in [1.82, 2.24) is 4.72 Å². The van der Waals surface area contributed by atoms with Gasteiger partial charge in [0.1, 0.15) is 17.3 Å². The Balaban J connectivity index is 1.90. The molecule has 2 atom stereocenters. The van der Waals surface area contributed by atoms with Crippen molar-refractivity contribution in [2.45, 2.75) is 50.5 Å². The molecule has 2 rings (SSSR count). The fraction of sp³-hybridized carbons (Fsp3) is 0.714. The van der Waals surface area contributed by atoms with E-state index in [0.29, 0.717) is 12.5 Å². The van der Waals surface area contributed by atoms with Crippen LogP contribution in [0.1, 0.15) is 44.8 Å². The Morgan fingerprint density at radius 2 is 2.24 bits per heavy atom. The van der Waals surface area contributed by atoms with Crippen LogP contribution in [0.4, 0.5) is 0 Å². The fourth-order valence-electron chi connectivity index (χ4n) is 2.96. The molecule has 1 saturated carbocycles. The zero-order chi connectivity index (χ0) is 15.5. The lowest BCUT2D eigenvalue weighted by Crippen LogP contribution is -2.27. The Kier molecular flexibility index (Phi) is 5.88. The van der Waals surface area contributed by atoms with Crippen molar-refractivity contribution >= 4 is 26.0 Å². The van der Waals surface area contributed by atoms with Crippen molar-refractivity contribution in [3.63, 3.8) is 0 Å². The largest absolute Gasteiger partial charge is 0.450 e. The van der Waals surface area contributed by atoms with E-state index in [0.717, 1.165) is 12.3 Å². The van der Waals surface area contributed by atoms with Crippen LogP contribution in [0.3, 0.4) is 0 Å². The van der Waals surface area contributed by atoms with Crippen LogP contribution >= 0.6 is 15.9 Å². The van der Waals surface area contributed by atoms with Gasteiger partial charge in [-0.3, -0.25) is 0 Å². The molecule has 2 unspecified atom stereocenters. The Hall–Kier alpha value is -0.370. The van der Waals surface area contributed by atoms with Crippen molar-refractivity contribution in [3.05, 3.63) is 16.5 Å². The van der Waals surface area contributed by atoms with Gasteiger partial charge in [0.05, 0.1) is 0 Å². The molecule has 0 aliphatic heterocycles. The molecule has 0 spiro atoms. The molecular formula is C14H22BrNO4S. The minimum Gasteiger partial charge on any atom is -0.450 e. The van der Waals surface area contributed by atoms with Gasteiger partial charge < -0.3 is 9.52 Å². The second kappa shape index (κ2) is 7.26. The van der Waals surface area contributed by atoms with E-state index < -0.39 is 10.0 Å². The van der Waals surface area contributed by atoms with Crippen LogP contribution in [-0.2, 0) is 16.6 Å². The molecule has 1 aliphatic carbocycles. The van der Waals surface area contributed by atoms with Gasteiger partial charge in [0.15, 0.2) is 4.67 Å². The number of nitrogens with one attached hydrogen (secondary N) is 1. The average Bonchev–Trinajstić information content (AvgIpc) is 2.81. The molecule has 1 aromatic heterocycles. The van der Waals surface area contributed by atoms with E-state index in [1.54, 1.807) is 0 Å². The molecule has 1 aliphatic rings. The first-order valence-electron chi connectivity index (χ1n) is 7.31. The highest BCUT2D eigenvalue weighted by Gasteiger charge is 2.23. The number of sulfonamides is 1. The molecule has 2 N–H and O–H groups in total. The van der Waals surface area contributed by atoms with Crippen LogP contribution in [0.15, 0.2) is 20.0 Å². The smallest absolute Gasteiger partial charge is 0.244 e. The maximum absolute atomic E-state index is 12.2. The van der Waals surface area contributed by atoms with Crippen LogP contribution in [0.2, 0.25) is 0 Å². The molecule has 1 fully saturated rings. The minimum atomic E-state index is -3.60. The minimum absolute atomic E-state index is 0.0450. The predicted octanol–water partition coefficient (Wildman–Crippen LogP) is 3.03. The summed E-state index contributed by atoms with van der Waals surface area (Å²) in [6.07, 6.45) is 5.77. The summed E-state index contributed by atoms with van der Waals surface area (Å²) in [5.74, 6) is 1.58. The van der Waals surface area contributed by atoms with Crippen LogP contribution in [0.25, 0.3) is 0 Å². The standard InChI is InChI=1S/C14H22BrNO4S/c1-10-3-2-4-11(7-10)5-6-16-21(18,19)13-8-12(9-17)20-14(13)15/h8,10-11,16-17H,2-7,9H2,1H3. The highest BCUT2D eigenvalue weighted by Crippen LogP contribution is 2.31. The van der Waals surface area contributed by atoms with Crippen molar-refractivity contribution in [1.29, 1.82) is 0 Å². The molecular weight excluding hydrogens is 358 g/mol. The van der Waals surface area contributed by atoms with Crippen molar-refractivity contribution in [2.75, 3.05) is 6.54 Å². The monoisotopic (exact) mass is 379 g/mol. The summed E-state index contributed by atoms with van der Waals surface area (Å²) in [4.78, 5) is 0.0450. The van der Waals surface area contributed by atoms with Gasteiger partial charge >= 0.3 is 0 Å². The van der Waals surface area contributed by atoms with E-state index >= 15 is 0 Å². The van der Waals surface area contributed by atoms with Crippen molar-refractivity contribution < 1.29 is 17.9 Å². The molecule has 0 saturated heterocycles. The van der Waals surface area contributed by atoms with Crippen molar-refractivity contribution in [3.8, 4) is 0 Å². The van der Waals surface area contributed by atoms with Gasteiger partial charge in [0.25, 0.3) is 0 Å². The predicted molar refractivity (Wildman–Crippen MR) is 83.3 cm³/mol. The first-order chi connectivity index (χ1) is 9.92. The Labute approximate surface area is 134 Å². The third-order valence-electron chi connectivity index (χ3n) is 4.04. The summed E-state index contributed by atoms with van der Waals surface area (Å²) in [6.45, 7) is 2.37.